The summed E-state index contributed by atoms with van der Waals surface area (Å²) in [5.74, 6) is 1.61. The number of piperidine rings is 1. The van der Waals surface area contributed by atoms with Gasteiger partial charge < -0.3 is 15.4 Å². The summed E-state index contributed by atoms with van der Waals surface area (Å²) in [6.45, 7) is 7.81. The van der Waals surface area contributed by atoms with Crippen LogP contribution >= 0.6 is 0 Å². The zero-order valence-corrected chi connectivity index (χ0v) is 18.7. The van der Waals surface area contributed by atoms with Crippen LogP contribution in [0.3, 0.4) is 0 Å². The third-order valence-corrected chi connectivity index (χ3v) is 6.28. The van der Waals surface area contributed by atoms with Crippen molar-refractivity contribution in [1.82, 2.24) is 4.90 Å². The Kier molecular flexibility index (Phi) is 7.68. The summed E-state index contributed by atoms with van der Waals surface area (Å²) in [6, 6.07) is 6.25. The number of aliphatic imine (C=N–C) groups is 1. The highest BCUT2D eigenvalue weighted by Gasteiger charge is 2.24. The van der Waals surface area contributed by atoms with Crippen molar-refractivity contribution in [3.05, 3.63) is 24.3 Å². The van der Waals surface area contributed by atoms with Crippen LogP contribution in [-0.4, -0.2) is 51.1 Å². The quantitative estimate of drug-likeness (QED) is 0.429. The first-order valence-electron chi connectivity index (χ1n) is 10.0. The molecule has 1 aromatic rings. The number of ether oxygens (including phenoxy) is 1. The largest absolute Gasteiger partial charge is 0.494 e. The fourth-order valence-corrected chi connectivity index (χ4v) is 3.73. The third-order valence-electron chi connectivity index (χ3n) is 5.15. The second-order valence-electron chi connectivity index (χ2n) is 8.69. The molecule has 1 saturated heterocycles. The molecule has 0 unspecified atom stereocenters. The molecule has 0 bridgehead atoms. The number of carbonyl (C=O) groups excluding carboxylic acids is 1. The molecule has 1 aromatic carbocycles. The molecule has 1 aliphatic rings. The molecule has 1 aliphatic heterocycles. The Balaban J connectivity index is 1.69. The van der Waals surface area contributed by atoms with Crippen molar-refractivity contribution in [3.63, 3.8) is 0 Å². The number of amides is 2. The third kappa shape index (κ3) is 7.34. The van der Waals surface area contributed by atoms with Gasteiger partial charge in [0.15, 0.2) is 9.84 Å². The van der Waals surface area contributed by atoms with E-state index in [1.807, 2.05) is 20.8 Å². The fourth-order valence-electron chi connectivity index (χ4n) is 3.10. The maximum atomic E-state index is 12.3. The van der Waals surface area contributed by atoms with E-state index in [0.717, 1.165) is 25.7 Å². The van der Waals surface area contributed by atoms with Gasteiger partial charge in [-0.2, -0.15) is 4.99 Å². The molecular formula is C21H33N3O4S. The maximum Gasteiger partial charge on any atom is 0.345 e. The van der Waals surface area contributed by atoms with Crippen molar-refractivity contribution in [1.29, 1.82) is 0 Å². The molecule has 8 heteroatoms. The summed E-state index contributed by atoms with van der Waals surface area (Å²) in [7, 11) is -3.18. The predicted molar refractivity (Wildman–Crippen MR) is 115 cm³/mol. The van der Waals surface area contributed by atoms with Crippen LogP contribution in [-0.2, 0) is 9.84 Å². The normalized spacial score (nSPS) is 16.7. The number of amidine groups is 1. The first-order valence-corrected chi connectivity index (χ1v) is 11.9. The topological polar surface area (TPSA) is 102 Å². The lowest BCUT2D eigenvalue weighted by atomic mass is 9.92. The second-order valence-corrected chi connectivity index (χ2v) is 10.7. The smallest absolute Gasteiger partial charge is 0.345 e. The molecule has 0 radical (unpaired) electrons. The zero-order valence-electron chi connectivity index (χ0n) is 17.8. The number of nitrogens with zero attached hydrogens (tertiary/aromatic N) is 2. The van der Waals surface area contributed by atoms with Crippen LogP contribution in [0.4, 0.5) is 4.79 Å². The first kappa shape index (κ1) is 23.2. The van der Waals surface area contributed by atoms with Crippen molar-refractivity contribution >= 4 is 21.7 Å². The average Bonchev–Trinajstić information content (AvgIpc) is 2.64. The van der Waals surface area contributed by atoms with Gasteiger partial charge in [-0.25, -0.2) is 13.2 Å². The van der Waals surface area contributed by atoms with E-state index in [4.69, 9.17) is 10.5 Å². The van der Waals surface area contributed by atoms with Gasteiger partial charge in [-0.1, -0.05) is 20.8 Å². The van der Waals surface area contributed by atoms with Crippen LogP contribution in [0.25, 0.3) is 0 Å². The molecule has 0 atom stereocenters. The second kappa shape index (κ2) is 9.61. The van der Waals surface area contributed by atoms with Gasteiger partial charge in [-0.3, -0.25) is 0 Å². The standard InChI is InChI=1S/C21H33N3O4S/c1-21(2,3)19(22)23-20(25)24-13-11-16(12-14-24)6-5-15-28-17-7-9-18(10-8-17)29(4,26)27/h7-10,16H,5-6,11-15H2,1-4H3,(H2,22,23,25). The van der Waals surface area contributed by atoms with Gasteiger partial charge in [0.1, 0.15) is 11.6 Å². The van der Waals surface area contributed by atoms with E-state index in [1.165, 1.54) is 6.26 Å². The van der Waals surface area contributed by atoms with Crippen LogP contribution in [0, 0.1) is 11.3 Å². The summed E-state index contributed by atoms with van der Waals surface area (Å²) in [5, 5.41) is 0. The number of rotatable bonds is 6. The van der Waals surface area contributed by atoms with Gasteiger partial charge >= 0.3 is 6.03 Å². The highest BCUT2D eigenvalue weighted by molar-refractivity contribution is 7.90. The first-order chi connectivity index (χ1) is 13.5. The van der Waals surface area contributed by atoms with E-state index in [2.05, 4.69) is 4.99 Å². The van der Waals surface area contributed by atoms with E-state index in [1.54, 1.807) is 29.2 Å². The average molecular weight is 424 g/mol. The number of benzene rings is 1. The summed E-state index contributed by atoms with van der Waals surface area (Å²) in [6.07, 6.45) is 5.06. The van der Waals surface area contributed by atoms with E-state index < -0.39 is 9.84 Å². The Bertz CT molecular complexity index is 818. The molecule has 2 N–H and O–H groups in total. The van der Waals surface area contributed by atoms with E-state index in [0.29, 0.717) is 42.1 Å². The Hall–Kier alpha value is -2.09. The lowest BCUT2D eigenvalue weighted by molar-refractivity contribution is 0.172. The lowest BCUT2D eigenvalue weighted by Gasteiger charge is -2.31. The van der Waals surface area contributed by atoms with Crippen molar-refractivity contribution < 1.29 is 17.9 Å². The number of hydrogen-bond donors (Lipinski definition) is 1. The van der Waals surface area contributed by atoms with E-state index >= 15 is 0 Å². The number of hydrogen-bond acceptors (Lipinski definition) is 4. The van der Waals surface area contributed by atoms with Crippen LogP contribution in [0.15, 0.2) is 34.2 Å². The molecule has 29 heavy (non-hydrogen) atoms. The van der Waals surface area contributed by atoms with Gasteiger partial charge in [0.2, 0.25) is 0 Å². The number of sulfone groups is 1. The minimum atomic E-state index is -3.18. The van der Waals surface area contributed by atoms with Crippen molar-refractivity contribution in [2.45, 2.75) is 51.3 Å². The molecule has 162 valence electrons. The molecule has 1 fully saturated rings. The van der Waals surface area contributed by atoms with Gasteiger partial charge in [0.05, 0.1) is 11.5 Å². The SMILES string of the molecule is CC(C)(C)/C(N)=N/C(=O)N1CCC(CCCOc2ccc(S(C)(=O)=O)cc2)CC1. The predicted octanol–water partition coefficient (Wildman–Crippen LogP) is 3.48. The number of carbonyl (C=O) groups is 1. The maximum absolute atomic E-state index is 12.3. The summed E-state index contributed by atoms with van der Waals surface area (Å²) in [4.78, 5) is 18.4. The van der Waals surface area contributed by atoms with Crippen molar-refractivity contribution in [2.75, 3.05) is 26.0 Å². The number of likely N-dealkylation sites (tertiary alicyclic amines) is 1. The van der Waals surface area contributed by atoms with Gasteiger partial charge in [0, 0.05) is 24.8 Å². The molecule has 2 amide bonds. The summed E-state index contributed by atoms with van der Waals surface area (Å²) < 4.78 is 28.6. The number of urea groups is 1. The van der Waals surface area contributed by atoms with Crippen LogP contribution in [0.2, 0.25) is 0 Å². The van der Waals surface area contributed by atoms with Crippen LogP contribution in [0.1, 0.15) is 46.5 Å². The van der Waals surface area contributed by atoms with Crippen LogP contribution < -0.4 is 10.5 Å². The molecule has 7 nitrogen and oxygen atoms in total. The zero-order chi connectivity index (χ0) is 21.7. The Morgan fingerprint density at radius 1 is 1.21 bits per heavy atom. The highest BCUT2D eigenvalue weighted by atomic mass is 32.2. The monoisotopic (exact) mass is 423 g/mol. The fraction of sp³-hybridized carbons (Fsp3) is 0.619. The summed E-state index contributed by atoms with van der Waals surface area (Å²) >= 11 is 0. The minimum absolute atomic E-state index is 0.239. The van der Waals surface area contributed by atoms with Gasteiger partial charge in [-0.05, 0) is 55.9 Å². The highest BCUT2D eigenvalue weighted by Crippen LogP contribution is 2.23. The minimum Gasteiger partial charge on any atom is -0.494 e. The summed E-state index contributed by atoms with van der Waals surface area (Å²) in [5.41, 5.74) is 5.60. The van der Waals surface area contributed by atoms with Gasteiger partial charge in [0.25, 0.3) is 0 Å². The Morgan fingerprint density at radius 2 is 1.79 bits per heavy atom. The molecule has 1 heterocycles. The van der Waals surface area contributed by atoms with E-state index in [-0.39, 0.29) is 11.4 Å². The van der Waals surface area contributed by atoms with Crippen molar-refractivity contribution in [3.8, 4) is 5.75 Å². The molecule has 0 spiro atoms. The Labute approximate surface area is 174 Å². The lowest BCUT2D eigenvalue weighted by Crippen LogP contribution is -2.39. The molecular weight excluding hydrogens is 390 g/mol. The number of nitrogens with two attached hydrogens (primary N) is 1. The molecule has 0 aliphatic carbocycles. The molecule has 0 saturated carbocycles. The van der Waals surface area contributed by atoms with Gasteiger partial charge in [-0.15, -0.1) is 0 Å². The van der Waals surface area contributed by atoms with Crippen molar-refractivity contribution in [2.24, 2.45) is 22.1 Å². The molecule has 0 aromatic heterocycles. The van der Waals surface area contributed by atoms with E-state index in [9.17, 15) is 13.2 Å². The Morgan fingerprint density at radius 3 is 2.31 bits per heavy atom. The van der Waals surface area contributed by atoms with Crippen LogP contribution in [0.5, 0.6) is 5.75 Å². The molecule has 2 rings (SSSR count).